The minimum absolute atomic E-state index is 0.338. The number of hydrogen-bond donors (Lipinski definition) is 1. The number of fused-ring (bicyclic) bond motifs is 1. The number of nitrogens with zero attached hydrogens (tertiary/aromatic N) is 2. The second-order valence-corrected chi connectivity index (χ2v) is 6.74. The van der Waals surface area contributed by atoms with Crippen LogP contribution >= 0.6 is 22.9 Å². The van der Waals surface area contributed by atoms with Gasteiger partial charge in [-0.25, -0.2) is 9.97 Å². The first-order valence-electron chi connectivity index (χ1n) is 6.90. The number of hydrogen-bond acceptors (Lipinski definition) is 4. The second kappa shape index (κ2) is 5.25. The van der Waals surface area contributed by atoms with Crippen LogP contribution in [-0.2, 0) is 6.42 Å². The molecule has 0 aromatic carbocycles. The molecule has 1 aliphatic carbocycles. The molecule has 1 saturated carbocycles. The normalized spacial score (nSPS) is 23.1. The highest BCUT2D eigenvalue weighted by atomic mass is 35.5. The molecule has 1 N–H and O–H groups in total. The fourth-order valence-electron chi connectivity index (χ4n) is 2.77. The summed E-state index contributed by atoms with van der Waals surface area (Å²) in [5.41, 5.74) is 0. The number of rotatable bonds is 3. The lowest BCUT2D eigenvalue weighted by atomic mass is 10.1. The van der Waals surface area contributed by atoms with Crippen LogP contribution in [0.4, 0.5) is 5.82 Å². The summed E-state index contributed by atoms with van der Waals surface area (Å²) in [5.74, 6) is 1.61. The Labute approximate surface area is 122 Å². The van der Waals surface area contributed by atoms with Crippen molar-refractivity contribution in [1.82, 2.24) is 9.97 Å². The maximum Gasteiger partial charge on any atom is 0.225 e. The summed E-state index contributed by atoms with van der Waals surface area (Å²) in [6, 6.07) is 2.71. The molecule has 102 valence electrons. The van der Waals surface area contributed by atoms with E-state index in [1.165, 1.54) is 24.1 Å². The predicted molar refractivity (Wildman–Crippen MR) is 82.2 cm³/mol. The Kier molecular flexibility index (Phi) is 3.63. The van der Waals surface area contributed by atoms with E-state index in [0.29, 0.717) is 17.2 Å². The number of halogens is 1. The van der Waals surface area contributed by atoms with E-state index in [1.54, 1.807) is 11.3 Å². The van der Waals surface area contributed by atoms with Crippen LogP contribution in [0.2, 0.25) is 5.28 Å². The Balaban J connectivity index is 1.99. The lowest BCUT2D eigenvalue weighted by Gasteiger charge is -2.18. The highest BCUT2D eigenvalue weighted by molar-refractivity contribution is 7.18. The maximum absolute atomic E-state index is 6.04. The zero-order valence-electron chi connectivity index (χ0n) is 11.2. The molecular formula is C14H18ClN3S. The third-order valence-corrected chi connectivity index (χ3v) is 5.29. The average Bonchev–Trinajstić information content (AvgIpc) is 2.96. The first-order chi connectivity index (χ1) is 9.17. The smallest absolute Gasteiger partial charge is 0.225 e. The number of aryl methyl sites for hydroxylation is 1. The molecule has 19 heavy (non-hydrogen) atoms. The van der Waals surface area contributed by atoms with E-state index in [-0.39, 0.29) is 0 Å². The summed E-state index contributed by atoms with van der Waals surface area (Å²) in [4.78, 5) is 11.0. The van der Waals surface area contributed by atoms with Crippen molar-refractivity contribution in [2.24, 2.45) is 5.92 Å². The molecule has 5 heteroatoms. The van der Waals surface area contributed by atoms with Crippen LogP contribution in [0.25, 0.3) is 10.2 Å². The molecule has 3 nitrogen and oxygen atoms in total. The Morgan fingerprint density at radius 3 is 2.95 bits per heavy atom. The first-order valence-corrected chi connectivity index (χ1v) is 8.09. The molecule has 2 heterocycles. The maximum atomic E-state index is 6.04. The fourth-order valence-corrected chi connectivity index (χ4v) is 3.95. The van der Waals surface area contributed by atoms with E-state index >= 15 is 0 Å². The molecule has 3 rings (SSSR count). The lowest BCUT2D eigenvalue weighted by Crippen LogP contribution is -2.22. The summed E-state index contributed by atoms with van der Waals surface area (Å²) in [7, 11) is 0. The molecule has 2 aromatic heterocycles. The molecule has 2 unspecified atom stereocenters. The largest absolute Gasteiger partial charge is 0.366 e. The van der Waals surface area contributed by atoms with Crippen LogP contribution in [0, 0.1) is 5.92 Å². The summed E-state index contributed by atoms with van der Waals surface area (Å²) >= 11 is 7.75. The Hall–Kier alpha value is -0.870. The summed E-state index contributed by atoms with van der Waals surface area (Å²) in [6.45, 7) is 4.46. The lowest BCUT2D eigenvalue weighted by molar-refractivity contribution is 0.555. The third kappa shape index (κ3) is 2.56. The van der Waals surface area contributed by atoms with Gasteiger partial charge in [0.2, 0.25) is 5.28 Å². The van der Waals surface area contributed by atoms with Gasteiger partial charge in [-0.05, 0) is 42.8 Å². The highest BCUT2D eigenvalue weighted by Gasteiger charge is 2.24. The summed E-state index contributed by atoms with van der Waals surface area (Å²) < 4.78 is 0. The molecule has 0 spiro atoms. The molecule has 2 aromatic rings. The van der Waals surface area contributed by atoms with Crippen LogP contribution in [0.5, 0.6) is 0 Å². The van der Waals surface area contributed by atoms with Gasteiger partial charge in [-0.2, -0.15) is 0 Å². The quantitative estimate of drug-likeness (QED) is 0.847. The zero-order chi connectivity index (χ0) is 13.4. The molecule has 0 aliphatic heterocycles. The van der Waals surface area contributed by atoms with E-state index in [2.05, 4.69) is 35.2 Å². The van der Waals surface area contributed by atoms with Gasteiger partial charge in [-0.3, -0.25) is 0 Å². The zero-order valence-corrected chi connectivity index (χ0v) is 12.8. The fraction of sp³-hybridized carbons (Fsp3) is 0.571. The first kappa shape index (κ1) is 13.1. The van der Waals surface area contributed by atoms with Crippen molar-refractivity contribution in [2.45, 2.75) is 45.6 Å². The van der Waals surface area contributed by atoms with Gasteiger partial charge in [0, 0.05) is 10.9 Å². The number of nitrogens with one attached hydrogen (secondary N) is 1. The van der Waals surface area contributed by atoms with Crippen molar-refractivity contribution in [3.05, 3.63) is 16.2 Å². The Bertz CT molecular complexity index is 596. The van der Waals surface area contributed by atoms with Crippen molar-refractivity contribution in [3.63, 3.8) is 0 Å². The van der Waals surface area contributed by atoms with Gasteiger partial charge in [0.1, 0.15) is 10.6 Å². The minimum atomic E-state index is 0.338. The molecule has 2 atom stereocenters. The van der Waals surface area contributed by atoms with Gasteiger partial charge in [-0.1, -0.05) is 20.3 Å². The van der Waals surface area contributed by atoms with Crippen LogP contribution < -0.4 is 5.32 Å². The number of anilines is 1. The van der Waals surface area contributed by atoms with Gasteiger partial charge in [0.15, 0.2) is 0 Å². The predicted octanol–water partition coefficient (Wildman–Crippen LogP) is 4.51. The molecule has 0 radical (unpaired) electrons. The summed E-state index contributed by atoms with van der Waals surface area (Å²) in [6.07, 6.45) is 4.83. The molecule has 1 aliphatic rings. The van der Waals surface area contributed by atoms with Crippen molar-refractivity contribution >= 4 is 39.0 Å². The molecular weight excluding hydrogens is 278 g/mol. The standard InChI is InChI=1S/C14H18ClN3S/c1-3-9-7-10-12(16-11-6-4-5-8(11)2)17-14(15)18-13(10)19-9/h7-8,11H,3-6H2,1-2H3,(H,16,17,18). The van der Waals surface area contributed by atoms with Gasteiger partial charge in [-0.15, -0.1) is 11.3 Å². The number of aromatic nitrogens is 2. The topological polar surface area (TPSA) is 37.8 Å². The van der Waals surface area contributed by atoms with Crippen LogP contribution in [-0.4, -0.2) is 16.0 Å². The van der Waals surface area contributed by atoms with Crippen LogP contribution in [0.1, 0.15) is 38.0 Å². The summed E-state index contributed by atoms with van der Waals surface area (Å²) in [5, 5.41) is 5.04. The van der Waals surface area contributed by atoms with Crippen molar-refractivity contribution in [2.75, 3.05) is 5.32 Å². The Morgan fingerprint density at radius 2 is 2.26 bits per heavy atom. The SMILES string of the molecule is CCc1cc2c(NC3CCCC3C)nc(Cl)nc2s1. The van der Waals surface area contributed by atoms with Gasteiger partial charge >= 0.3 is 0 Å². The van der Waals surface area contributed by atoms with Crippen LogP contribution in [0.15, 0.2) is 6.07 Å². The monoisotopic (exact) mass is 295 g/mol. The second-order valence-electron chi connectivity index (χ2n) is 5.29. The molecule has 1 fully saturated rings. The minimum Gasteiger partial charge on any atom is -0.366 e. The molecule has 0 bridgehead atoms. The van der Waals surface area contributed by atoms with E-state index in [1.807, 2.05) is 0 Å². The van der Waals surface area contributed by atoms with Gasteiger partial charge in [0.25, 0.3) is 0 Å². The third-order valence-electron chi connectivity index (χ3n) is 3.95. The number of thiophene rings is 1. The highest BCUT2D eigenvalue weighted by Crippen LogP contribution is 2.33. The van der Waals surface area contributed by atoms with E-state index in [4.69, 9.17) is 11.6 Å². The average molecular weight is 296 g/mol. The van der Waals surface area contributed by atoms with Gasteiger partial charge in [0.05, 0.1) is 5.39 Å². The van der Waals surface area contributed by atoms with Crippen molar-refractivity contribution in [1.29, 1.82) is 0 Å². The van der Waals surface area contributed by atoms with Gasteiger partial charge < -0.3 is 5.32 Å². The van der Waals surface area contributed by atoms with E-state index in [9.17, 15) is 0 Å². The molecule has 0 amide bonds. The van der Waals surface area contributed by atoms with Crippen LogP contribution in [0.3, 0.4) is 0 Å². The molecule has 0 saturated heterocycles. The van der Waals surface area contributed by atoms with E-state index < -0.39 is 0 Å². The Morgan fingerprint density at radius 1 is 1.42 bits per heavy atom. The van der Waals surface area contributed by atoms with Crippen molar-refractivity contribution in [3.8, 4) is 0 Å². The van der Waals surface area contributed by atoms with Crippen molar-refractivity contribution < 1.29 is 0 Å². The van der Waals surface area contributed by atoms with E-state index in [0.717, 1.165) is 22.5 Å².